The molecule has 1 aliphatic rings. The molecule has 0 bridgehead atoms. The van der Waals surface area contributed by atoms with Gasteiger partial charge in [0.1, 0.15) is 0 Å². The molecule has 2 unspecified atom stereocenters. The summed E-state index contributed by atoms with van der Waals surface area (Å²) in [5, 5.41) is 3.89. The van der Waals surface area contributed by atoms with E-state index in [1.54, 1.807) is 0 Å². The Morgan fingerprint density at radius 2 is 1.78 bits per heavy atom. The third-order valence-electron chi connectivity index (χ3n) is 4.73. The summed E-state index contributed by atoms with van der Waals surface area (Å²) in [6, 6.07) is 0.800. The predicted molar refractivity (Wildman–Crippen MR) is 82.0 cm³/mol. The molecule has 108 valence electrons. The van der Waals surface area contributed by atoms with Crippen LogP contribution in [-0.2, 0) is 0 Å². The molecule has 1 rings (SSSR count). The Labute approximate surface area is 115 Å². The highest BCUT2D eigenvalue weighted by Gasteiger charge is 2.25. The summed E-state index contributed by atoms with van der Waals surface area (Å²) < 4.78 is 0. The van der Waals surface area contributed by atoms with Gasteiger partial charge in [0.15, 0.2) is 0 Å². The Hall–Kier alpha value is -0.0400. The first-order valence-electron chi connectivity index (χ1n) is 8.32. The van der Waals surface area contributed by atoms with Gasteiger partial charge in [-0.25, -0.2) is 0 Å². The summed E-state index contributed by atoms with van der Waals surface area (Å²) in [6.07, 6.45) is 12.6. The fraction of sp³-hybridized carbons (Fsp3) is 1.00. The van der Waals surface area contributed by atoms with E-state index in [2.05, 4.69) is 33.0 Å². The lowest BCUT2D eigenvalue weighted by molar-refractivity contribution is 0.215. The van der Waals surface area contributed by atoms with Gasteiger partial charge < -0.3 is 5.32 Å². The highest BCUT2D eigenvalue weighted by atomic mass is 14.9. The highest BCUT2D eigenvalue weighted by Crippen LogP contribution is 2.29. The summed E-state index contributed by atoms with van der Waals surface area (Å²) in [6.45, 7) is 10.7. The largest absolute Gasteiger partial charge is 0.313 e. The van der Waals surface area contributed by atoms with Gasteiger partial charge in [-0.1, -0.05) is 66.2 Å². The van der Waals surface area contributed by atoms with Crippen molar-refractivity contribution in [1.82, 2.24) is 5.32 Å². The average molecular weight is 253 g/mol. The number of hydrogen-bond acceptors (Lipinski definition) is 1. The Morgan fingerprint density at radius 3 is 2.44 bits per heavy atom. The van der Waals surface area contributed by atoms with Crippen molar-refractivity contribution in [3.05, 3.63) is 0 Å². The van der Waals surface area contributed by atoms with Crippen molar-refractivity contribution in [3.8, 4) is 0 Å². The molecular formula is C17H35N. The van der Waals surface area contributed by atoms with Crippen LogP contribution in [0.2, 0.25) is 0 Å². The standard InChI is InChI=1S/C17H35N/c1-5-7-10-13-17(3,4)14-18-16-12-9-8-11-15(16)6-2/h15-16,18H,5-14H2,1-4H3. The van der Waals surface area contributed by atoms with E-state index in [-0.39, 0.29) is 0 Å². The van der Waals surface area contributed by atoms with Gasteiger partial charge >= 0.3 is 0 Å². The molecule has 1 N–H and O–H groups in total. The molecule has 18 heavy (non-hydrogen) atoms. The van der Waals surface area contributed by atoms with Crippen molar-refractivity contribution in [1.29, 1.82) is 0 Å². The summed E-state index contributed by atoms with van der Waals surface area (Å²) >= 11 is 0. The number of nitrogens with one attached hydrogen (secondary N) is 1. The molecule has 0 heterocycles. The van der Waals surface area contributed by atoms with E-state index >= 15 is 0 Å². The molecule has 0 aliphatic heterocycles. The second-order valence-corrected chi connectivity index (χ2v) is 7.06. The summed E-state index contributed by atoms with van der Waals surface area (Å²) in [4.78, 5) is 0. The minimum atomic E-state index is 0.477. The molecule has 1 heteroatoms. The zero-order chi connectivity index (χ0) is 13.4. The smallest absolute Gasteiger partial charge is 0.00954 e. The average Bonchev–Trinajstić information content (AvgIpc) is 2.37. The van der Waals surface area contributed by atoms with E-state index in [0.29, 0.717) is 5.41 Å². The maximum absolute atomic E-state index is 3.89. The first-order valence-corrected chi connectivity index (χ1v) is 8.32. The first-order chi connectivity index (χ1) is 8.59. The van der Waals surface area contributed by atoms with E-state index in [1.807, 2.05) is 0 Å². The summed E-state index contributed by atoms with van der Waals surface area (Å²) in [7, 11) is 0. The zero-order valence-corrected chi connectivity index (χ0v) is 13.2. The van der Waals surface area contributed by atoms with Gasteiger partial charge in [0.25, 0.3) is 0 Å². The Bertz CT molecular complexity index is 210. The minimum Gasteiger partial charge on any atom is -0.313 e. The highest BCUT2D eigenvalue weighted by molar-refractivity contribution is 4.82. The van der Waals surface area contributed by atoms with Crippen LogP contribution in [0.15, 0.2) is 0 Å². The Morgan fingerprint density at radius 1 is 1.06 bits per heavy atom. The summed E-state index contributed by atoms with van der Waals surface area (Å²) in [5.74, 6) is 0.935. The van der Waals surface area contributed by atoms with Crippen molar-refractivity contribution in [3.63, 3.8) is 0 Å². The van der Waals surface area contributed by atoms with Crippen molar-refractivity contribution in [2.75, 3.05) is 6.54 Å². The van der Waals surface area contributed by atoms with Gasteiger partial charge in [0, 0.05) is 12.6 Å². The minimum absolute atomic E-state index is 0.477. The molecule has 0 aromatic carbocycles. The topological polar surface area (TPSA) is 12.0 Å². The van der Waals surface area contributed by atoms with Gasteiger partial charge in [-0.3, -0.25) is 0 Å². The quantitative estimate of drug-likeness (QED) is 0.590. The van der Waals surface area contributed by atoms with Crippen LogP contribution in [0.3, 0.4) is 0 Å². The predicted octanol–water partition coefficient (Wildman–Crippen LogP) is 5.15. The van der Waals surface area contributed by atoms with Gasteiger partial charge in [0.05, 0.1) is 0 Å². The zero-order valence-electron chi connectivity index (χ0n) is 13.2. The Balaban J connectivity index is 2.28. The van der Waals surface area contributed by atoms with Crippen LogP contribution in [0.25, 0.3) is 0 Å². The van der Waals surface area contributed by atoms with Gasteiger partial charge in [-0.2, -0.15) is 0 Å². The lowest BCUT2D eigenvalue weighted by Crippen LogP contribution is -2.42. The summed E-state index contributed by atoms with van der Waals surface area (Å²) in [5.41, 5.74) is 0.477. The molecule has 1 fully saturated rings. The second-order valence-electron chi connectivity index (χ2n) is 7.06. The third kappa shape index (κ3) is 5.73. The molecule has 0 radical (unpaired) electrons. The lowest BCUT2D eigenvalue weighted by atomic mass is 9.81. The maximum atomic E-state index is 3.89. The van der Waals surface area contributed by atoms with Crippen LogP contribution in [0.5, 0.6) is 0 Å². The molecular weight excluding hydrogens is 218 g/mol. The van der Waals surface area contributed by atoms with Gasteiger partial charge in [-0.15, -0.1) is 0 Å². The van der Waals surface area contributed by atoms with E-state index < -0.39 is 0 Å². The van der Waals surface area contributed by atoms with Crippen LogP contribution in [0.1, 0.15) is 85.5 Å². The van der Waals surface area contributed by atoms with Crippen molar-refractivity contribution >= 4 is 0 Å². The molecule has 0 spiro atoms. The molecule has 0 amide bonds. The molecule has 0 saturated heterocycles. The van der Waals surface area contributed by atoms with Crippen molar-refractivity contribution in [2.45, 2.75) is 91.5 Å². The van der Waals surface area contributed by atoms with E-state index in [1.165, 1.54) is 64.3 Å². The van der Waals surface area contributed by atoms with Gasteiger partial charge in [0.2, 0.25) is 0 Å². The maximum Gasteiger partial charge on any atom is 0.00954 e. The molecule has 0 aromatic heterocycles. The van der Waals surface area contributed by atoms with E-state index in [0.717, 1.165) is 12.0 Å². The second kappa shape index (κ2) is 8.19. The van der Waals surface area contributed by atoms with E-state index in [9.17, 15) is 0 Å². The molecule has 0 aromatic rings. The molecule has 2 atom stereocenters. The van der Waals surface area contributed by atoms with Gasteiger partial charge in [-0.05, 0) is 30.6 Å². The molecule has 1 nitrogen and oxygen atoms in total. The van der Waals surface area contributed by atoms with Crippen molar-refractivity contribution in [2.24, 2.45) is 11.3 Å². The molecule has 1 saturated carbocycles. The normalized spacial score (nSPS) is 25.3. The van der Waals surface area contributed by atoms with Crippen LogP contribution < -0.4 is 5.32 Å². The van der Waals surface area contributed by atoms with Crippen LogP contribution in [0, 0.1) is 11.3 Å². The van der Waals surface area contributed by atoms with Crippen LogP contribution >= 0.6 is 0 Å². The fourth-order valence-corrected chi connectivity index (χ4v) is 3.31. The van der Waals surface area contributed by atoms with Crippen LogP contribution in [-0.4, -0.2) is 12.6 Å². The Kier molecular flexibility index (Phi) is 7.29. The SMILES string of the molecule is CCCCCC(C)(C)CNC1CCCCC1CC. The van der Waals surface area contributed by atoms with Crippen molar-refractivity contribution < 1.29 is 0 Å². The van der Waals surface area contributed by atoms with E-state index in [4.69, 9.17) is 0 Å². The third-order valence-corrected chi connectivity index (χ3v) is 4.73. The monoisotopic (exact) mass is 253 g/mol. The fourth-order valence-electron chi connectivity index (χ4n) is 3.31. The molecule has 1 aliphatic carbocycles. The number of hydrogen-bond donors (Lipinski definition) is 1. The number of unbranched alkanes of at least 4 members (excludes halogenated alkanes) is 2. The van der Waals surface area contributed by atoms with Crippen LogP contribution in [0.4, 0.5) is 0 Å². The lowest BCUT2D eigenvalue weighted by Gasteiger charge is -2.35. The first kappa shape index (κ1) is 16.0. The number of rotatable bonds is 8.